The molecule has 1 saturated heterocycles. The van der Waals surface area contributed by atoms with Crippen molar-refractivity contribution in [3.05, 3.63) is 41.3 Å². The lowest BCUT2D eigenvalue weighted by atomic mass is 10.1. The number of morpholine rings is 1. The molecule has 1 atom stereocenters. The maximum absolute atomic E-state index is 12.1. The average Bonchev–Trinajstić information content (AvgIpc) is 2.73. The number of rotatable bonds is 6. The van der Waals surface area contributed by atoms with Crippen LogP contribution in [-0.4, -0.2) is 61.9 Å². The molecule has 1 fully saturated rings. The Labute approximate surface area is 156 Å². The van der Waals surface area contributed by atoms with E-state index in [-0.39, 0.29) is 11.8 Å². The van der Waals surface area contributed by atoms with Gasteiger partial charge >= 0.3 is 5.97 Å². The number of esters is 1. The molecule has 1 aromatic heterocycles. The molecule has 0 aliphatic carbocycles. The lowest BCUT2D eigenvalue weighted by Gasteiger charge is -2.26. The van der Waals surface area contributed by atoms with Gasteiger partial charge in [0.25, 0.3) is 0 Å². The molecular weight excluding hydrogens is 350 g/mol. The minimum atomic E-state index is -0.402. The highest BCUT2D eigenvalue weighted by molar-refractivity contribution is 5.90. The summed E-state index contributed by atoms with van der Waals surface area (Å²) >= 11 is 0. The number of hydrogen-bond donors (Lipinski definition) is 4. The minimum absolute atomic E-state index is 0.0224. The van der Waals surface area contributed by atoms with Gasteiger partial charge in [0.2, 0.25) is 0 Å². The Morgan fingerprint density at radius 1 is 1.48 bits per heavy atom. The van der Waals surface area contributed by atoms with Crippen LogP contribution in [0.4, 0.5) is 5.82 Å². The molecule has 0 radical (unpaired) electrons. The number of methoxy groups -OCH3 is 1. The van der Waals surface area contributed by atoms with E-state index in [2.05, 4.69) is 31.2 Å². The Bertz CT molecular complexity index is 777. The van der Waals surface area contributed by atoms with Crippen molar-refractivity contribution in [1.29, 1.82) is 5.26 Å². The Hall–Kier alpha value is -3.16. The van der Waals surface area contributed by atoms with Gasteiger partial charge in [-0.1, -0.05) is 0 Å². The van der Waals surface area contributed by atoms with E-state index in [4.69, 9.17) is 14.7 Å². The van der Waals surface area contributed by atoms with Crippen LogP contribution >= 0.6 is 0 Å². The maximum Gasteiger partial charge on any atom is 0.337 e. The first-order valence-corrected chi connectivity index (χ1v) is 8.52. The molecule has 2 aliphatic rings. The number of allylic oxidation sites excluding steroid dienone is 1. The second-order valence-electron chi connectivity index (χ2n) is 5.90. The van der Waals surface area contributed by atoms with Gasteiger partial charge in [0.15, 0.2) is 5.69 Å². The summed E-state index contributed by atoms with van der Waals surface area (Å²) in [5.74, 6) is 0.724. The second kappa shape index (κ2) is 8.98. The fourth-order valence-corrected chi connectivity index (χ4v) is 2.67. The predicted molar refractivity (Wildman–Crippen MR) is 96.1 cm³/mol. The minimum Gasteiger partial charge on any atom is -0.466 e. The Kier molecular flexibility index (Phi) is 6.19. The zero-order valence-corrected chi connectivity index (χ0v) is 14.9. The van der Waals surface area contributed by atoms with Gasteiger partial charge in [-0.15, -0.1) is 0 Å². The number of anilines is 1. The van der Waals surface area contributed by atoms with Gasteiger partial charge in [-0.05, 0) is 0 Å². The van der Waals surface area contributed by atoms with E-state index >= 15 is 0 Å². The fraction of sp³-hybridized carbons (Fsp3) is 0.412. The number of carbonyl (C=O) groups excluding carboxylic acids is 1. The number of nitrogens with one attached hydrogen (secondary N) is 4. The SMILES string of the molecule is COC(=O)C1=C(NC[C@@H]2CNCCO2)C=C(Nc2cnc(C#N)cn2)NC1. The molecule has 10 heteroatoms. The van der Waals surface area contributed by atoms with Crippen molar-refractivity contribution in [2.24, 2.45) is 0 Å². The van der Waals surface area contributed by atoms with Crippen molar-refractivity contribution in [2.75, 3.05) is 45.2 Å². The van der Waals surface area contributed by atoms with E-state index in [1.165, 1.54) is 19.5 Å². The molecular formula is C17H21N7O3. The van der Waals surface area contributed by atoms with Gasteiger partial charge < -0.3 is 30.7 Å². The van der Waals surface area contributed by atoms with Gasteiger partial charge in [-0.3, -0.25) is 0 Å². The Morgan fingerprint density at radius 3 is 3.04 bits per heavy atom. The van der Waals surface area contributed by atoms with E-state index in [9.17, 15) is 4.79 Å². The van der Waals surface area contributed by atoms with Crippen LogP contribution in [0.1, 0.15) is 5.69 Å². The van der Waals surface area contributed by atoms with Gasteiger partial charge in [-0.2, -0.15) is 5.26 Å². The van der Waals surface area contributed by atoms with Crippen molar-refractivity contribution in [3.63, 3.8) is 0 Å². The zero-order chi connectivity index (χ0) is 19.1. The van der Waals surface area contributed by atoms with Crippen molar-refractivity contribution >= 4 is 11.8 Å². The highest BCUT2D eigenvalue weighted by atomic mass is 16.5. The van der Waals surface area contributed by atoms with E-state index in [0.29, 0.717) is 42.6 Å². The van der Waals surface area contributed by atoms with Gasteiger partial charge in [0.1, 0.15) is 17.7 Å². The molecule has 10 nitrogen and oxygen atoms in total. The second-order valence-corrected chi connectivity index (χ2v) is 5.90. The van der Waals surface area contributed by atoms with Gasteiger partial charge in [-0.25, -0.2) is 14.8 Å². The first kappa shape index (κ1) is 18.6. The van der Waals surface area contributed by atoms with Crippen LogP contribution in [0.3, 0.4) is 0 Å². The molecule has 4 N–H and O–H groups in total. The maximum atomic E-state index is 12.1. The molecule has 1 aromatic rings. The van der Waals surface area contributed by atoms with Gasteiger partial charge in [0.05, 0.1) is 50.0 Å². The number of nitrogens with zero attached hydrogens (tertiary/aromatic N) is 3. The smallest absolute Gasteiger partial charge is 0.337 e. The number of dihydropyridines is 1. The highest BCUT2D eigenvalue weighted by Gasteiger charge is 2.21. The highest BCUT2D eigenvalue weighted by Crippen LogP contribution is 2.15. The van der Waals surface area contributed by atoms with Gasteiger partial charge in [0, 0.05) is 25.7 Å². The van der Waals surface area contributed by atoms with Crippen LogP contribution in [0, 0.1) is 11.3 Å². The summed E-state index contributed by atoms with van der Waals surface area (Å²) in [5.41, 5.74) is 1.39. The topological polar surface area (TPSA) is 133 Å². The fourth-order valence-electron chi connectivity index (χ4n) is 2.67. The van der Waals surface area contributed by atoms with E-state index in [1.54, 1.807) is 6.08 Å². The molecule has 0 bridgehead atoms. The quantitative estimate of drug-likeness (QED) is 0.471. The van der Waals surface area contributed by atoms with Crippen LogP contribution in [-0.2, 0) is 14.3 Å². The summed E-state index contributed by atoms with van der Waals surface area (Å²) in [6, 6.07) is 1.92. The van der Waals surface area contributed by atoms with Crippen LogP contribution in [0.2, 0.25) is 0 Å². The van der Waals surface area contributed by atoms with Crippen molar-refractivity contribution in [2.45, 2.75) is 6.10 Å². The molecule has 2 aliphatic heterocycles. The Balaban J connectivity index is 1.72. The van der Waals surface area contributed by atoms with Crippen molar-refractivity contribution < 1.29 is 14.3 Å². The van der Waals surface area contributed by atoms with E-state index in [0.717, 1.165) is 13.1 Å². The van der Waals surface area contributed by atoms with Crippen molar-refractivity contribution in [1.82, 2.24) is 25.9 Å². The Morgan fingerprint density at radius 2 is 2.37 bits per heavy atom. The summed E-state index contributed by atoms with van der Waals surface area (Å²) in [7, 11) is 1.35. The molecule has 3 heterocycles. The third-order valence-corrected chi connectivity index (χ3v) is 4.05. The average molecular weight is 371 g/mol. The summed E-state index contributed by atoms with van der Waals surface area (Å²) in [5, 5.41) is 21.5. The largest absolute Gasteiger partial charge is 0.466 e. The number of carbonyl (C=O) groups is 1. The molecule has 0 saturated carbocycles. The number of hydrogen-bond acceptors (Lipinski definition) is 10. The van der Waals surface area contributed by atoms with E-state index in [1.807, 2.05) is 6.07 Å². The van der Waals surface area contributed by atoms with Crippen LogP contribution in [0.15, 0.2) is 35.6 Å². The third-order valence-electron chi connectivity index (χ3n) is 4.05. The number of aromatic nitrogens is 2. The molecule has 0 unspecified atom stereocenters. The number of nitriles is 1. The normalized spacial score (nSPS) is 19.4. The first-order chi connectivity index (χ1) is 13.2. The molecule has 142 valence electrons. The molecule has 3 rings (SSSR count). The lowest BCUT2D eigenvalue weighted by Crippen LogP contribution is -2.44. The third kappa shape index (κ3) is 4.93. The lowest BCUT2D eigenvalue weighted by molar-refractivity contribution is -0.136. The molecule has 27 heavy (non-hydrogen) atoms. The van der Waals surface area contributed by atoms with Crippen LogP contribution in [0.5, 0.6) is 0 Å². The first-order valence-electron chi connectivity index (χ1n) is 8.52. The summed E-state index contributed by atoms with van der Waals surface area (Å²) in [6.45, 7) is 3.11. The standard InChI is InChI=1S/C17H21N7O3/c1-26-17(25)13-9-23-15(24-16-10-20-11(5-18)6-22-16)4-14(13)21-8-12-7-19-2-3-27-12/h4,6,10,12,19,21,23H,2-3,7-9H2,1H3,(H,22,24)/t12-/m0/s1. The van der Waals surface area contributed by atoms with Crippen LogP contribution < -0.4 is 21.3 Å². The summed E-state index contributed by atoms with van der Waals surface area (Å²) in [6.07, 6.45) is 4.64. The van der Waals surface area contributed by atoms with E-state index < -0.39 is 5.97 Å². The van der Waals surface area contributed by atoms with Crippen LogP contribution in [0.25, 0.3) is 0 Å². The number of ether oxygens (including phenoxy) is 2. The molecule has 0 spiro atoms. The summed E-state index contributed by atoms with van der Waals surface area (Å²) in [4.78, 5) is 20.2. The summed E-state index contributed by atoms with van der Waals surface area (Å²) < 4.78 is 10.5. The molecule has 0 aromatic carbocycles. The molecule has 0 amide bonds. The predicted octanol–water partition coefficient (Wildman–Crippen LogP) is -0.790. The zero-order valence-electron chi connectivity index (χ0n) is 14.9. The monoisotopic (exact) mass is 371 g/mol. The van der Waals surface area contributed by atoms with Crippen molar-refractivity contribution in [3.8, 4) is 6.07 Å².